The molecule has 5 heteroatoms. The third-order valence-electron chi connectivity index (χ3n) is 3.87. The van der Waals surface area contributed by atoms with Crippen LogP contribution in [0.5, 0.6) is 0 Å². The lowest BCUT2D eigenvalue weighted by molar-refractivity contribution is -0.120. The predicted octanol–water partition coefficient (Wildman–Crippen LogP) is 3.07. The molecular formula is C18H18N2O2S. The monoisotopic (exact) mass is 326 g/mol. The molecule has 0 aliphatic rings. The summed E-state index contributed by atoms with van der Waals surface area (Å²) in [5.41, 5.74) is 3.22. The number of amides is 1. The second kappa shape index (κ2) is 6.38. The van der Waals surface area contributed by atoms with Crippen molar-refractivity contribution in [2.24, 2.45) is 0 Å². The number of carbonyl (C=O) groups excluding carboxylic acids is 1. The van der Waals surface area contributed by atoms with Gasteiger partial charge in [-0.15, -0.1) is 11.3 Å². The molecule has 0 spiro atoms. The Balaban J connectivity index is 1.70. The standard InChI is InChI=1S/C18H18N2O2S/c1-11-7-12(2)20-18(22)15(11)9-19-17(21)8-13-10-23-16-6-4-3-5-14(13)16/h3-7,10H,8-9H2,1-2H3,(H,19,21)(H,20,22). The summed E-state index contributed by atoms with van der Waals surface area (Å²) in [6.45, 7) is 3.98. The summed E-state index contributed by atoms with van der Waals surface area (Å²) in [5.74, 6) is -0.0760. The number of aromatic amines is 1. The number of fused-ring (bicyclic) bond motifs is 1. The number of aromatic nitrogens is 1. The van der Waals surface area contributed by atoms with Crippen LogP contribution >= 0.6 is 11.3 Å². The highest BCUT2D eigenvalue weighted by molar-refractivity contribution is 7.17. The molecule has 0 aliphatic heterocycles. The van der Waals surface area contributed by atoms with Crippen molar-refractivity contribution >= 4 is 27.3 Å². The van der Waals surface area contributed by atoms with Crippen molar-refractivity contribution in [1.29, 1.82) is 0 Å². The number of thiophene rings is 1. The van der Waals surface area contributed by atoms with E-state index >= 15 is 0 Å². The molecule has 0 atom stereocenters. The lowest BCUT2D eigenvalue weighted by Gasteiger charge is -2.08. The van der Waals surface area contributed by atoms with Crippen LogP contribution in [-0.2, 0) is 17.8 Å². The molecule has 0 bridgehead atoms. The van der Waals surface area contributed by atoms with Crippen LogP contribution in [0.4, 0.5) is 0 Å². The number of H-pyrrole nitrogens is 1. The van der Waals surface area contributed by atoms with Gasteiger partial charge in [0, 0.05) is 22.5 Å². The Labute approximate surface area is 138 Å². The van der Waals surface area contributed by atoms with Gasteiger partial charge in [-0.05, 0) is 47.9 Å². The van der Waals surface area contributed by atoms with E-state index in [2.05, 4.69) is 16.4 Å². The summed E-state index contributed by atoms with van der Waals surface area (Å²) in [6, 6.07) is 9.97. The second-order valence-electron chi connectivity index (χ2n) is 5.65. The summed E-state index contributed by atoms with van der Waals surface area (Å²) in [6.07, 6.45) is 0.326. The van der Waals surface area contributed by atoms with E-state index < -0.39 is 0 Å². The fourth-order valence-corrected chi connectivity index (χ4v) is 3.66. The molecule has 1 amide bonds. The van der Waals surface area contributed by atoms with Crippen LogP contribution < -0.4 is 10.9 Å². The van der Waals surface area contributed by atoms with Crippen LogP contribution in [0.25, 0.3) is 10.1 Å². The third kappa shape index (κ3) is 3.35. The molecule has 0 unspecified atom stereocenters. The van der Waals surface area contributed by atoms with Crippen LogP contribution in [0.15, 0.2) is 40.5 Å². The molecule has 3 rings (SSSR count). The molecule has 0 radical (unpaired) electrons. The molecule has 0 saturated heterocycles. The number of carbonyl (C=O) groups is 1. The summed E-state index contributed by atoms with van der Waals surface area (Å²) < 4.78 is 1.18. The minimum Gasteiger partial charge on any atom is -0.352 e. The Kier molecular flexibility index (Phi) is 4.30. The Bertz CT molecular complexity index is 924. The van der Waals surface area contributed by atoms with Gasteiger partial charge in [-0.25, -0.2) is 0 Å². The highest BCUT2D eigenvalue weighted by Crippen LogP contribution is 2.25. The van der Waals surface area contributed by atoms with E-state index in [4.69, 9.17) is 0 Å². The number of pyridine rings is 1. The van der Waals surface area contributed by atoms with Crippen LogP contribution in [0.3, 0.4) is 0 Å². The zero-order chi connectivity index (χ0) is 16.4. The summed E-state index contributed by atoms with van der Waals surface area (Å²) in [7, 11) is 0. The van der Waals surface area contributed by atoms with Crippen LogP contribution in [0.2, 0.25) is 0 Å². The molecule has 2 N–H and O–H groups in total. The number of benzene rings is 1. The van der Waals surface area contributed by atoms with E-state index in [-0.39, 0.29) is 18.0 Å². The van der Waals surface area contributed by atoms with Crippen molar-refractivity contribution in [3.8, 4) is 0 Å². The molecule has 4 nitrogen and oxygen atoms in total. The van der Waals surface area contributed by atoms with Gasteiger partial charge in [0.1, 0.15) is 0 Å². The molecule has 23 heavy (non-hydrogen) atoms. The zero-order valence-corrected chi connectivity index (χ0v) is 13.9. The largest absolute Gasteiger partial charge is 0.352 e. The fraction of sp³-hybridized carbons (Fsp3) is 0.222. The van der Waals surface area contributed by atoms with Crippen molar-refractivity contribution in [1.82, 2.24) is 10.3 Å². The third-order valence-corrected chi connectivity index (χ3v) is 4.88. The minimum atomic E-state index is -0.135. The molecule has 0 aliphatic carbocycles. The van der Waals surface area contributed by atoms with Crippen LogP contribution in [0.1, 0.15) is 22.4 Å². The highest BCUT2D eigenvalue weighted by atomic mass is 32.1. The number of aryl methyl sites for hydroxylation is 2. The number of hydrogen-bond donors (Lipinski definition) is 2. The summed E-state index contributed by atoms with van der Waals surface area (Å²) in [4.78, 5) is 26.9. The van der Waals surface area contributed by atoms with Gasteiger partial charge in [0.2, 0.25) is 5.91 Å². The van der Waals surface area contributed by atoms with Gasteiger partial charge >= 0.3 is 0 Å². The van der Waals surface area contributed by atoms with Gasteiger partial charge in [0.15, 0.2) is 0 Å². The Morgan fingerprint density at radius 3 is 2.83 bits per heavy atom. The van der Waals surface area contributed by atoms with E-state index in [1.54, 1.807) is 11.3 Å². The van der Waals surface area contributed by atoms with E-state index in [9.17, 15) is 9.59 Å². The van der Waals surface area contributed by atoms with Gasteiger partial charge in [0.05, 0.1) is 6.42 Å². The molecule has 0 fully saturated rings. The van der Waals surface area contributed by atoms with Gasteiger partial charge in [-0.3, -0.25) is 9.59 Å². The number of nitrogens with one attached hydrogen (secondary N) is 2. The van der Waals surface area contributed by atoms with Gasteiger partial charge in [0.25, 0.3) is 5.56 Å². The van der Waals surface area contributed by atoms with Crippen molar-refractivity contribution in [3.05, 3.63) is 68.4 Å². The normalized spacial score (nSPS) is 10.9. The van der Waals surface area contributed by atoms with E-state index in [1.807, 2.05) is 43.5 Å². The minimum absolute atomic E-state index is 0.0760. The lowest BCUT2D eigenvalue weighted by Crippen LogP contribution is -2.28. The SMILES string of the molecule is Cc1cc(C)c(CNC(=O)Cc2csc3ccccc23)c(=O)[nH]1. The van der Waals surface area contributed by atoms with E-state index in [1.165, 1.54) is 4.70 Å². The van der Waals surface area contributed by atoms with Gasteiger partial charge in [-0.1, -0.05) is 18.2 Å². The summed E-state index contributed by atoms with van der Waals surface area (Å²) >= 11 is 1.64. The fourth-order valence-electron chi connectivity index (χ4n) is 2.69. The van der Waals surface area contributed by atoms with Crippen molar-refractivity contribution in [2.45, 2.75) is 26.8 Å². The highest BCUT2D eigenvalue weighted by Gasteiger charge is 2.10. The Hall–Kier alpha value is -2.40. The molecule has 118 valence electrons. The molecule has 0 saturated carbocycles. The van der Waals surface area contributed by atoms with Crippen LogP contribution in [0, 0.1) is 13.8 Å². The predicted molar refractivity (Wildman–Crippen MR) is 93.9 cm³/mol. The van der Waals surface area contributed by atoms with Crippen molar-refractivity contribution < 1.29 is 4.79 Å². The Morgan fingerprint density at radius 1 is 1.26 bits per heavy atom. The Morgan fingerprint density at radius 2 is 2.04 bits per heavy atom. The first kappa shape index (κ1) is 15.5. The molecule has 2 heterocycles. The first-order valence-electron chi connectivity index (χ1n) is 7.46. The van der Waals surface area contributed by atoms with Crippen molar-refractivity contribution in [2.75, 3.05) is 0 Å². The lowest BCUT2D eigenvalue weighted by atomic mass is 10.1. The number of rotatable bonds is 4. The first-order valence-corrected chi connectivity index (χ1v) is 8.34. The van der Waals surface area contributed by atoms with Crippen LogP contribution in [-0.4, -0.2) is 10.9 Å². The van der Waals surface area contributed by atoms with E-state index in [0.29, 0.717) is 12.0 Å². The second-order valence-corrected chi connectivity index (χ2v) is 6.56. The first-order chi connectivity index (χ1) is 11.0. The molecule has 3 aromatic rings. The van der Waals surface area contributed by atoms with Gasteiger partial charge in [-0.2, -0.15) is 0 Å². The summed E-state index contributed by atoms with van der Waals surface area (Å²) in [5, 5.41) is 5.99. The maximum atomic E-state index is 12.2. The van der Waals surface area contributed by atoms with E-state index in [0.717, 1.165) is 22.2 Å². The quantitative estimate of drug-likeness (QED) is 0.774. The van der Waals surface area contributed by atoms with Crippen molar-refractivity contribution in [3.63, 3.8) is 0 Å². The topological polar surface area (TPSA) is 62.0 Å². The maximum Gasteiger partial charge on any atom is 0.253 e. The van der Waals surface area contributed by atoms with Gasteiger partial charge < -0.3 is 10.3 Å². The average Bonchev–Trinajstić information content (AvgIpc) is 2.89. The zero-order valence-electron chi connectivity index (χ0n) is 13.1. The number of hydrogen-bond acceptors (Lipinski definition) is 3. The molecule has 2 aromatic heterocycles. The average molecular weight is 326 g/mol. The molecular weight excluding hydrogens is 308 g/mol. The smallest absolute Gasteiger partial charge is 0.253 e. The molecule has 1 aromatic carbocycles. The maximum absolute atomic E-state index is 12.2.